The lowest BCUT2D eigenvalue weighted by molar-refractivity contribution is -0.121. The Labute approximate surface area is 101 Å². The molecule has 2 N–H and O–H groups in total. The standard InChI is InChI=1S/C11H11NO2S2/c12-10(13)11(16-7-6-15-8-16)14-9-4-2-1-3-5-9/h1-8,11H,(H2,12,13). The minimum Gasteiger partial charge on any atom is -0.470 e. The van der Waals surface area contributed by atoms with Gasteiger partial charge in [-0.25, -0.2) is 0 Å². The van der Waals surface area contributed by atoms with Gasteiger partial charge in [0, 0.05) is 4.70 Å². The average Bonchev–Trinajstić information content (AvgIpc) is 2.80. The maximum absolute atomic E-state index is 11.3. The second-order valence-corrected chi connectivity index (χ2v) is 5.91. The van der Waals surface area contributed by atoms with Crippen molar-refractivity contribution in [1.82, 2.24) is 0 Å². The van der Waals surface area contributed by atoms with Crippen LogP contribution in [0.2, 0.25) is 0 Å². The highest BCUT2D eigenvalue weighted by Crippen LogP contribution is 2.32. The topological polar surface area (TPSA) is 52.3 Å². The monoisotopic (exact) mass is 253 g/mol. The molecule has 1 aromatic rings. The Morgan fingerprint density at radius 1 is 1.38 bits per heavy atom. The number of carbonyl (C=O) groups excluding carboxylic acids is 1. The number of ether oxygens (including phenoxy) is 1. The van der Waals surface area contributed by atoms with Gasteiger partial charge >= 0.3 is 0 Å². The molecule has 16 heavy (non-hydrogen) atoms. The summed E-state index contributed by atoms with van der Waals surface area (Å²) in [6.45, 7) is 0. The third-order valence-corrected chi connectivity index (χ3v) is 5.00. The van der Waals surface area contributed by atoms with Crippen molar-refractivity contribution in [3.63, 3.8) is 0 Å². The van der Waals surface area contributed by atoms with Gasteiger partial charge in [-0.15, -0.1) is 10.5 Å². The van der Waals surface area contributed by atoms with Gasteiger partial charge in [0.05, 0.1) is 0 Å². The fraction of sp³-hybridized carbons (Fsp3) is 0.0909. The summed E-state index contributed by atoms with van der Waals surface area (Å²) >= 11 is 1.56. The molecular weight excluding hydrogens is 242 g/mol. The molecule has 1 heterocycles. The Hall–Kier alpha value is -1.20. The number of amides is 1. The lowest BCUT2D eigenvalue weighted by Crippen LogP contribution is -2.31. The molecule has 0 spiro atoms. The van der Waals surface area contributed by atoms with E-state index in [2.05, 4.69) is 0 Å². The molecule has 5 heteroatoms. The molecule has 0 aliphatic carbocycles. The first-order chi connectivity index (χ1) is 7.77. The summed E-state index contributed by atoms with van der Waals surface area (Å²) in [5, 5.41) is 3.89. The van der Waals surface area contributed by atoms with Gasteiger partial charge in [0.2, 0.25) is 5.44 Å². The first kappa shape index (κ1) is 11.3. The van der Waals surface area contributed by atoms with E-state index < -0.39 is 11.3 Å². The molecule has 0 saturated heterocycles. The van der Waals surface area contributed by atoms with Gasteiger partial charge in [-0.1, -0.05) is 30.0 Å². The quantitative estimate of drug-likeness (QED) is 0.836. The summed E-state index contributed by atoms with van der Waals surface area (Å²) in [6.07, 6.45) is 0. The van der Waals surface area contributed by atoms with Gasteiger partial charge in [0.1, 0.15) is 5.75 Å². The summed E-state index contributed by atoms with van der Waals surface area (Å²) < 4.78 is 7.57. The van der Waals surface area contributed by atoms with Crippen molar-refractivity contribution in [1.29, 1.82) is 0 Å². The third kappa shape index (κ3) is 2.68. The minimum atomic E-state index is -0.603. The van der Waals surface area contributed by atoms with Crippen molar-refractivity contribution in [2.24, 2.45) is 5.73 Å². The number of thioether (sulfide) groups is 1. The third-order valence-electron chi connectivity index (χ3n) is 1.92. The van der Waals surface area contributed by atoms with Crippen molar-refractivity contribution >= 4 is 32.9 Å². The van der Waals surface area contributed by atoms with Crippen LogP contribution in [0, 0.1) is 0 Å². The van der Waals surface area contributed by atoms with Gasteiger partial charge in [0.25, 0.3) is 5.91 Å². The van der Waals surface area contributed by atoms with Crippen LogP contribution >= 0.6 is 22.2 Å². The highest BCUT2D eigenvalue weighted by molar-refractivity contribution is 8.37. The van der Waals surface area contributed by atoms with Crippen molar-refractivity contribution in [3.8, 4) is 5.75 Å². The molecule has 0 aromatic heterocycles. The van der Waals surface area contributed by atoms with Crippen LogP contribution in [0.4, 0.5) is 0 Å². The van der Waals surface area contributed by atoms with E-state index in [1.807, 2.05) is 45.8 Å². The van der Waals surface area contributed by atoms with Crippen LogP contribution in [-0.4, -0.2) is 16.0 Å². The summed E-state index contributed by atoms with van der Waals surface area (Å²) in [5.41, 5.74) is 4.74. The molecule has 0 bridgehead atoms. The lowest BCUT2D eigenvalue weighted by Gasteiger charge is -2.16. The van der Waals surface area contributed by atoms with Crippen molar-refractivity contribution in [3.05, 3.63) is 41.1 Å². The zero-order valence-corrected chi connectivity index (χ0v) is 10.0. The number of hydrogen-bond donors (Lipinski definition) is 1. The van der Waals surface area contributed by atoms with Crippen LogP contribution in [0.25, 0.3) is 0 Å². The minimum absolute atomic E-state index is 0.335. The Bertz CT molecular complexity index is 443. The number of rotatable bonds is 4. The SMILES string of the molecule is NC(=O)C(Oc1ccccc1)S1=CSC=C1. The van der Waals surface area contributed by atoms with E-state index in [9.17, 15) is 4.79 Å². The summed E-state index contributed by atoms with van der Waals surface area (Å²) in [4.78, 5) is 11.3. The molecule has 3 nitrogen and oxygen atoms in total. The van der Waals surface area contributed by atoms with Crippen LogP contribution in [0.5, 0.6) is 5.75 Å². The number of hydrogen-bond acceptors (Lipinski definition) is 3. The lowest BCUT2D eigenvalue weighted by atomic mass is 10.3. The molecule has 0 fully saturated rings. The Balaban J connectivity index is 2.15. The molecule has 2 rings (SSSR count). The van der Waals surface area contributed by atoms with Gasteiger partial charge in [-0.3, -0.25) is 4.79 Å². The van der Waals surface area contributed by atoms with Gasteiger partial charge in [-0.05, 0) is 22.9 Å². The highest BCUT2D eigenvalue weighted by atomic mass is 32.2. The Kier molecular flexibility index (Phi) is 3.69. The molecule has 0 saturated carbocycles. The van der Waals surface area contributed by atoms with Gasteiger partial charge < -0.3 is 10.5 Å². The summed E-state index contributed by atoms with van der Waals surface area (Å²) in [5.74, 6) is 0.230. The molecule has 2 atom stereocenters. The summed E-state index contributed by atoms with van der Waals surface area (Å²) in [6, 6.07) is 9.24. The molecular formula is C11H11NO2S2. The van der Waals surface area contributed by atoms with Crippen LogP contribution in [0.1, 0.15) is 0 Å². The Morgan fingerprint density at radius 2 is 2.12 bits per heavy atom. The molecule has 1 aromatic carbocycles. The van der Waals surface area contributed by atoms with E-state index in [1.54, 1.807) is 11.8 Å². The predicted octanol–water partition coefficient (Wildman–Crippen LogP) is 2.12. The molecule has 1 aliphatic rings. The number of carbonyl (C=O) groups is 1. The van der Waals surface area contributed by atoms with E-state index in [1.165, 1.54) is 0 Å². The van der Waals surface area contributed by atoms with Crippen LogP contribution in [0.3, 0.4) is 0 Å². The second kappa shape index (κ2) is 5.23. The first-order valence-corrected chi connectivity index (χ1v) is 7.00. The van der Waals surface area contributed by atoms with Crippen molar-refractivity contribution in [2.45, 2.75) is 5.44 Å². The second-order valence-electron chi connectivity index (χ2n) is 3.08. The Morgan fingerprint density at radius 3 is 2.69 bits per heavy atom. The first-order valence-electron chi connectivity index (χ1n) is 4.64. The van der Waals surface area contributed by atoms with Crippen LogP contribution in [0.15, 0.2) is 41.1 Å². The maximum Gasteiger partial charge on any atom is 0.269 e. The van der Waals surface area contributed by atoms with Crippen LogP contribution in [-0.2, 0) is 4.79 Å². The fourth-order valence-corrected chi connectivity index (χ4v) is 4.05. The molecule has 1 aliphatic heterocycles. The van der Waals surface area contributed by atoms with E-state index in [-0.39, 0.29) is 10.5 Å². The molecule has 84 valence electrons. The number of benzene rings is 1. The normalized spacial score (nSPS) is 20.1. The van der Waals surface area contributed by atoms with Crippen molar-refractivity contribution < 1.29 is 9.53 Å². The summed E-state index contributed by atoms with van der Waals surface area (Å²) in [7, 11) is -0.335. The largest absolute Gasteiger partial charge is 0.470 e. The van der Waals surface area contributed by atoms with Gasteiger partial charge in [0.15, 0.2) is 0 Å². The molecule has 0 radical (unpaired) electrons. The number of primary amides is 1. The van der Waals surface area contributed by atoms with E-state index >= 15 is 0 Å². The zero-order chi connectivity index (χ0) is 11.4. The zero-order valence-electron chi connectivity index (χ0n) is 8.41. The van der Waals surface area contributed by atoms with E-state index in [0.717, 1.165) is 0 Å². The van der Waals surface area contributed by atoms with Gasteiger partial charge in [-0.2, -0.15) is 0 Å². The molecule has 2 unspecified atom stereocenters. The van der Waals surface area contributed by atoms with E-state index in [0.29, 0.717) is 5.75 Å². The smallest absolute Gasteiger partial charge is 0.269 e. The highest BCUT2D eigenvalue weighted by Gasteiger charge is 2.21. The predicted molar refractivity (Wildman–Crippen MR) is 70.4 cm³/mol. The molecule has 1 amide bonds. The maximum atomic E-state index is 11.3. The van der Waals surface area contributed by atoms with Crippen LogP contribution < -0.4 is 10.5 Å². The number of nitrogens with two attached hydrogens (primary N) is 1. The van der Waals surface area contributed by atoms with E-state index in [4.69, 9.17) is 10.5 Å². The number of para-hydroxylation sites is 1. The van der Waals surface area contributed by atoms with Crippen molar-refractivity contribution in [2.75, 3.05) is 0 Å². The fourth-order valence-electron chi connectivity index (χ4n) is 1.22. The average molecular weight is 253 g/mol.